The fourth-order valence-electron chi connectivity index (χ4n) is 2.65. The van der Waals surface area contributed by atoms with Crippen molar-refractivity contribution in [2.24, 2.45) is 12.0 Å². The average Bonchev–Trinajstić information content (AvgIpc) is 3.26. The monoisotopic (exact) mass is 320 g/mol. The lowest BCUT2D eigenvalue weighted by molar-refractivity contribution is -0.120. The molecule has 3 rings (SSSR count). The van der Waals surface area contributed by atoms with Crippen LogP contribution >= 0.6 is 0 Å². The molecular formula is C15H24N6O2. The smallest absolute Gasteiger partial charge is 0.239 e. The first-order valence-corrected chi connectivity index (χ1v) is 8.01. The molecule has 23 heavy (non-hydrogen) atoms. The summed E-state index contributed by atoms with van der Waals surface area (Å²) in [5, 5.41) is 10.3. The Labute approximate surface area is 135 Å². The molecule has 1 aliphatic heterocycles. The number of carbonyl (C=O) groups excluding carboxylic acids is 1. The number of aliphatic imine (C=N–C) groups is 1. The minimum Gasteiger partial charge on any atom is -0.370 e. The Kier molecular flexibility index (Phi) is 4.80. The van der Waals surface area contributed by atoms with Crippen LogP contribution in [0.2, 0.25) is 0 Å². The normalized spacial score (nSPS) is 22.1. The summed E-state index contributed by atoms with van der Waals surface area (Å²) in [4.78, 5) is 18.2. The van der Waals surface area contributed by atoms with Gasteiger partial charge in [0.1, 0.15) is 6.10 Å². The molecule has 2 N–H and O–H groups in total. The number of aromatic nitrogens is 2. The van der Waals surface area contributed by atoms with Gasteiger partial charge in [-0.2, -0.15) is 5.10 Å². The highest BCUT2D eigenvalue weighted by Crippen LogP contribution is 2.21. The van der Waals surface area contributed by atoms with Gasteiger partial charge in [-0.05, 0) is 12.8 Å². The second-order valence-corrected chi connectivity index (χ2v) is 6.00. The van der Waals surface area contributed by atoms with Gasteiger partial charge in [0.15, 0.2) is 5.96 Å². The maximum atomic E-state index is 11.8. The number of aryl methyl sites for hydroxylation is 1. The van der Waals surface area contributed by atoms with E-state index in [1.165, 1.54) is 0 Å². The Morgan fingerprint density at radius 1 is 1.52 bits per heavy atom. The molecular weight excluding hydrogens is 296 g/mol. The van der Waals surface area contributed by atoms with Gasteiger partial charge in [-0.15, -0.1) is 0 Å². The number of nitrogens with zero attached hydrogens (tertiary/aromatic N) is 4. The molecule has 0 bridgehead atoms. The highest BCUT2D eigenvalue weighted by Gasteiger charge is 2.26. The number of morpholine rings is 1. The largest absolute Gasteiger partial charge is 0.370 e. The fraction of sp³-hybridized carbons (Fsp3) is 0.667. The minimum atomic E-state index is -0.0312. The van der Waals surface area contributed by atoms with Gasteiger partial charge < -0.3 is 20.3 Å². The Balaban J connectivity index is 1.54. The van der Waals surface area contributed by atoms with Crippen LogP contribution in [0.25, 0.3) is 0 Å². The van der Waals surface area contributed by atoms with Gasteiger partial charge in [-0.25, -0.2) is 0 Å². The van der Waals surface area contributed by atoms with Crippen LogP contribution < -0.4 is 10.6 Å². The molecule has 8 heteroatoms. The molecule has 0 spiro atoms. The standard InChI is InChI=1S/C15H24N6O2/c1-16-15(17-8-14(22)19-12-3-4-12)21-5-6-23-13(10-21)11-7-18-20(2)9-11/h7,9,12-13H,3-6,8,10H2,1-2H3,(H,16,17)(H,19,22). The number of amides is 1. The predicted octanol–water partition coefficient (Wildman–Crippen LogP) is -0.353. The second kappa shape index (κ2) is 6.99. The van der Waals surface area contributed by atoms with Crippen LogP contribution in [0.1, 0.15) is 24.5 Å². The van der Waals surface area contributed by atoms with Crippen molar-refractivity contribution < 1.29 is 9.53 Å². The number of guanidine groups is 1. The van der Waals surface area contributed by atoms with Gasteiger partial charge in [0.05, 0.1) is 25.9 Å². The van der Waals surface area contributed by atoms with Crippen molar-refractivity contribution in [1.82, 2.24) is 25.3 Å². The molecule has 1 saturated carbocycles. The molecule has 0 aromatic carbocycles. The predicted molar refractivity (Wildman–Crippen MR) is 86.0 cm³/mol. The summed E-state index contributed by atoms with van der Waals surface area (Å²) in [7, 11) is 3.62. The Morgan fingerprint density at radius 2 is 2.35 bits per heavy atom. The summed E-state index contributed by atoms with van der Waals surface area (Å²) in [6.07, 6.45) is 5.95. The zero-order valence-corrected chi connectivity index (χ0v) is 13.7. The highest BCUT2D eigenvalue weighted by molar-refractivity contribution is 5.86. The number of hydrogen-bond acceptors (Lipinski definition) is 4. The Hall–Kier alpha value is -2.09. The van der Waals surface area contributed by atoms with Crippen molar-refractivity contribution in [2.75, 3.05) is 33.3 Å². The molecule has 2 heterocycles. The first-order valence-electron chi connectivity index (χ1n) is 8.01. The van der Waals surface area contributed by atoms with Crippen molar-refractivity contribution >= 4 is 11.9 Å². The lowest BCUT2D eigenvalue weighted by Crippen LogP contribution is -2.50. The van der Waals surface area contributed by atoms with E-state index in [4.69, 9.17) is 4.74 Å². The first-order chi connectivity index (χ1) is 11.2. The van der Waals surface area contributed by atoms with Crippen LogP contribution in [-0.4, -0.2) is 65.9 Å². The summed E-state index contributed by atoms with van der Waals surface area (Å²) < 4.78 is 7.60. The Morgan fingerprint density at radius 3 is 3.00 bits per heavy atom. The zero-order valence-electron chi connectivity index (χ0n) is 13.7. The minimum absolute atomic E-state index is 0.0192. The van der Waals surface area contributed by atoms with E-state index in [-0.39, 0.29) is 18.6 Å². The maximum Gasteiger partial charge on any atom is 0.239 e. The molecule has 0 radical (unpaired) electrons. The number of nitrogens with one attached hydrogen (secondary N) is 2. The number of hydrogen-bond donors (Lipinski definition) is 2. The molecule has 1 atom stereocenters. The molecule has 1 saturated heterocycles. The van der Waals surface area contributed by atoms with Gasteiger partial charge >= 0.3 is 0 Å². The molecule has 1 unspecified atom stereocenters. The van der Waals surface area contributed by atoms with Crippen LogP contribution in [0.3, 0.4) is 0 Å². The third-order valence-corrected chi connectivity index (χ3v) is 4.02. The average molecular weight is 320 g/mol. The molecule has 1 aromatic rings. The third-order valence-electron chi connectivity index (χ3n) is 4.02. The molecule has 1 aromatic heterocycles. The van der Waals surface area contributed by atoms with Crippen molar-refractivity contribution in [3.05, 3.63) is 18.0 Å². The first kappa shape index (κ1) is 15.8. The highest BCUT2D eigenvalue weighted by atomic mass is 16.5. The van der Waals surface area contributed by atoms with Crippen LogP contribution in [0.5, 0.6) is 0 Å². The van der Waals surface area contributed by atoms with Crippen molar-refractivity contribution in [3.8, 4) is 0 Å². The Bertz CT molecular complexity index is 580. The lowest BCUT2D eigenvalue weighted by atomic mass is 10.1. The SMILES string of the molecule is CN=C(NCC(=O)NC1CC1)N1CCOC(c2cnn(C)c2)C1. The molecule has 1 aliphatic carbocycles. The number of rotatable bonds is 4. The van der Waals surface area contributed by atoms with Gasteiger partial charge in [0.25, 0.3) is 0 Å². The van der Waals surface area contributed by atoms with E-state index < -0.39 is 0 Å². The van der Waals surface area contributed by atoms with Gasteiger partial charge in [-0.3, -0.25) is 14.5 Å². The maximum absolute atomic E-state index is 11.8. The summed E-state index contributed by atoms with van der Waals surface area (Å²) in [6, 6.07) is 0.379. The molecule has 2 fully saturated rings. The summed E-state index contributed by atoms with van der Waals surface area (Å²) >= 11 is 0. The third kappa shape index (κ3) is 4.22. The van der Waals surface area contributed by atoms with Crippen LogP contribution in [-0.2, 0) is 16.6 Å². The topological polar surface area (TPSA) is 83.8 Å². The van der Waals surface area contributed by atoms with E-state index in [0.29, 0.717) is 19.2 Å². The van der Waals surface area contributed by atoms with E-state index >= 15 is 0 Å². The molecule has 126 valence electrons. The van der Waals surface area contributed by atoms with Crippen molar-refractivity contribution in [2.45, 2.75) is 25.0 Å². The van der Waals surface area contributed by atoms with E-state index in [1.807, 2.05) is 19.4 Å². The van der Waals surface area contributed by atoms with E-state index in [2.05, 4.69) is 25.6 Å². The van der Waals surface area contributed by atoms with E-state index in [0.717, 1.165) is 30.9 Å². The van der Waals surface area contributed by atoms with Crippen LogP contribution in [0.15, 0.2) is 17.4 Å². The van der Waals surface area contributed by atoms with Gasteiger partial charge in [-0.1, -0.05) is 0 Å². The zero-order chi connectivity index (χ0) is 16.2. The second-order valence-electron chi connectivity index (χ2n) is 6.00. The molecule has 8 nitrogen and oxygen atoms in total. The quantitative estimate of drug-likeness (QED) is 0.585. The van der Waals surface area contributed by atoms with Crippen molar-refractivity contribution in [3.63, 3.8) is 0 Å². The van der Waals surface area contributed by atoms with Gasteiger partial charge in [0, 0.05) is 38.4 Å². The number of ether oxygens (including phenoxy) is 1. The summed E-state index contributed by atoms with van der Waals surface area (Å²) in [5.41, 5.74) is 1.05. The molecule has 2 aliphatic rings. The van der Waals surface area contributed by atoms with Gasteiger partial charge in [0.2, 0.25) is 5.91 Å². The van der Waals surface area contributed by atoms with E-state index in [9.17, 15) is 4.79 Å². The van der Waals surface area contributed by atoms with E-state index in [1.54, 1.807) is 11.7 Å². The van der Waals surface area contributed by atoms with Crippen LogP contribution in [0, 0.1) is 0 Å². The number of carbonyl (C=O) groups is 1. The lowest BCUT2D eigenvalue weighted by Gasteiger charge is -2.34. The fourth-order valence-corrected chi connectivity index (χ4v) is 2.65. The summed E-state index contributed by atoms with van der Waals surface area (Å²) in [6.45, 7) is 2.31. The van der Waals surface area contributed by atoms with Crippen LogP contribution in [0.4, 0.5) is 0 Å². The molecule has 1 amide bonds. The van der Waals surface area contributed by atoms with Crippen molar-refractivity contribution in [1.29, 1.82) is 0 Å². The summed E-state index contributed by atoms with van der Waals surface area (Å²) in [5.74, 6) is 0.749.